The van der Waals surface area contributed by atoms with E-state index in [2.05, 4.69) is 38.1 Å². The van der Waals surface area contributed by atoms with Crippen molar-refractivity contribution in [3.05, 3.63) is 27.3 Å². The highest BCUT2D eigenvalue weighted by atomic mass is 127. The SMILES string of the molecule is CCC(CC)(C(=O)O)n1nnnc1-c1cccc(C)c1I. The molecule has 6 nitrogen and oxygen atoms in total. The molecule has 21 heavy (non-hydrogen) atoms. The third kappa shape index (κ3) is 2.54. The molecule has 1 N–H and O–H groups in total. The fourth-order valence-corrected chi connectivity index (χ4v) is 3.01. The zero-order valence-electron chi connectivity index (χ0n) is 12.2. The van der Waals surface area contributed by atoms with Gasteiger partial charge in [0.15, 0.2) is 11.4 Å². The minimum Gasteiger partial charge on any atom is -0.479 e. The fourth-order valence-electron chi connectivity index (χ4n) is 2.41. The number of carbonyl (C=O) groups is 1. The van der Waals surface area contributed by atoms with E-state index >= 15 is 0 Å². The molecule has 0 aliphatic rings. The lowest BCUT2D eigenvalue weighted by molar-refractivity contribution is -0.148. The predicted molar refractivity (Wildman–Crippen MR) is 86.9 cm³/mol. The number of rotatable bonds is 5. The van der Waals surface area contributed by atoms with Crippen LogP contribution in [0.15, 0.2) is 18.2 Å². The van der Waals surface area contributed by atoms with Crippen molar-refractivity contribution in [3.8, 4) is 11.4 Å². The normalized spacial score (nSPS) is 11.6. The van der Waals surface area contributed by atoms with E-state index in [-0.39, 0.29) is 0 Å². The van der Waals surface area contributed by atoms with Crippen LogP contribution in [-0.2, 0) is 10.3 Å². The minimum absolute atomic E-state index is 0.416. The van der Waals surface area contributed by atoms with Crippen molar-refractivity contribution in [1.29, 1.82) is 0 Å². The number of carboxylic acid groups (broad SMARTS) is 1. The number of carboxylic acids is 1. The molecule has 1 heterocycles. The number of halogens is 1. The van der Waals surface area contributed by atoms with Gasteiger partial charge in [-0.3, -0.25) is 0 Å². The Morgan fingerprint density at radius 3 is 2.62 bits per heavy atom. The highest BCUT2D eigenvalue weighted by Gasteiger charge is 2.40. The van der Waals surface area contributed by atoms with E-state index in [1.165, 1.54) is 4.68 Å². The van der Waals surface area contributed by atoms with Gasteiger partial charge in [0.1, 0.15) is 0 Å². The Morgan fingerprint density at radius 1 is 1.38 bits per heavy atom. The molecule has 2 aromatic rings. The first-order valence-corrected chi connectivity index (χ1v) is 7.83. The van der Waals surface area contributed by atoms with Gasteiger partial charge in [0.2, 0.25) is 0 Å². The molecular formula is C14H17IN4O2. The number of hydrogen-bond donors (Lipinski definition) is 1. The first kappa shape index (κ1) is 15.9. The van der Waals surface area contributed by atoms with E-state index < -0.39 is 11.5 Å². The van der Waals surface area contributed by atoms with Gasteiger partial charge < -0.3 is 5.11 Å². The van der Waals surface area contributed by atoms with Gasteiger partial charge in [0.05, 0.1) is 0 Å². The second kappa shape index (κ2) is 6.08. The summed E-state index contributed by atoms with van der Waals surface area (Å²) in [5.74, 6) is -0.419. The molecule has 0 aliphatic heterocycles. The molecule has 7 heteroatoms. The fraction of sp³-hybridized carbons (Fsp3) is 0.429. The molecule has 0 unspecified atom stereocenters. The van der Waals surface area contributed by atoms with Crippen molar-refractivity contribution in [2.75, 3.05) is 0 Å². The van der Waals surface area contributed by atoms with Crippen LogP contribution in [0.3, 0.4) is 0 Å². The van der Waals surface area contributed by atoms with Gasteiger partial charge in [0.25, 0.3) is 0 Å². The third-order valence-electron chi connectivity index (χ3n) is 3.88. The van der Waals surface area contributed by atoms with Crippen molar-refractivity contribution in [2.45, 2.75) is 39.2 Å². The average Bonchev–Trinajstić information content (AvgIpc) is 2.93. The van der Waals surface area contributed by atoms with Crippen molar-refractivity contribution >= 4 is 28.6 Å². The summed E-state index contributed by atoms with van der Waals surface area (Å²) in [5.41, 5.74) is 0.843. The highest BCUT2D eigenvalue weighted by molar-refractivity contribution is 14.1. The Balaban J connectivity index is 2.68. The minimum atomic E-state index is -1.12. The van der Waals surface area contributed by atoms with Gasteiger partial charge in [-0.2, -0.15) is 0 Å². The summed E-state index contributed by atoms with van der Waals surface area (Å²) in [5, 5.41) is 21.4. The maximum Gasteiger partial charge on any atom is 0.331 e. The predicted octanol–water partition coefficient (Wildman–Crippen LogP) is 2.85. The average molecular weight is 400 g/mol. The van der Waals surface area contributed by atoms with Crippen LogP contribution in [0.4, 0.5) is 0 Å². The molecule has 1 aromatic carbocycles. The first-order chi connectivity index (χ1) is 9.97. The van der Waals surface area contributed by atoms with E-state index in [4.69, 9.17) is 0 Å². The third-order valence-corrected chi connectivity index (χ3v) is 5.31. The quantitative estimate of drug-likeness (QED) is 0.781. The van der Waals surface area contributed by atoms with Gasteiger partial charge in [-0.05, 0) is 58.3 Å². The molecule has 0 fully saturated rings. The highest BCUT2D eigenvalue weighted by Crippen LogP contribution is 2.32. The van der Waals surface area contributed by atoms with Gasteiger partial charge in [-0.25, -0.2) is 9.48 Å². The zero-order chi connectivity index (χ0) is 15.6. The number of tetrazole rings is 1. The molecule has 0 amide bonds. The van der Waals surface area contributed by atoms with Crippen molar-refractivity contribution in [2.24, 2.45) is 0 Å². The molecule has 112 valence electrons. The van der Waals surface area contributed by atoms with Crippen LogP contribution >= 0.6 is 22.6 Å². The lowest BCUT2D eigenvalue weighted by atomic mass is 9.92. The van der Waals surface area contributed by atoms with E-state index in [9.17, 15) is 9.90 Å². The summed E-state index contributed by atoms with van der Waals surface area (Å²) < 4.78 is 2.48. The molecule has 0 bridgehead atoms. The van der Waals surface area contributed by atoms with Crippen LogP contribution < -0.4 is 0 Å². The van der Waals surface area contributed by atoms with E-state index in [0.717, 1.165) is 14.7 Å². The number of benzene rings is 1. The smallest absolute Gasteiger partial charge is 0.331 e. The maximum atomic E-state index is 11.8. The first-order valence-electron chi connectivity index (χ1n) is 6.75. The molecule has 0 aliphatic carbocycles. The molecule has 0 spiro atoms. The number of aromatic nitrogens is 4. The largest absolute Gasteiger partial charge is 0.479 e. The Morgan fingerprint density at radius 2 is 2.05 bits per heavy atom. The number of aryl methyl sites for hydroxylation is 1. The zero-order valence-corrected chi connectivity index (χ0v) is 14.3. The summed E-state index contributed by atoms with van der Waals surface area (Å²) in [4.78, 5) is 11.8. The lowest BCUT2D eigenvalue weighted by Gasteiger charge is -2.27. The van der Waals surface area contributed by atoms with Crippen LogP contribution in [0, 0.1) is 10.5 Å². The number of nitrogens with zero attached hydrogens (tertiary/aromatic N) is 4. The number of aliphatic carboxylic acids is 1. The van der Waals surface area contributed by atoms with Crippen molar-refractivity contribution in [1.82, 2.24) is 20.2 Å². The Bertz CT molecular complexity index is 665. The topological polar surface area (TPSA) is 80.9 Å². The molecule has 0 saturated heterocycles. The number of hydrogen-bond acceptors (Lipinski definition) is 4. The maximum absolute atomic E-state index is 11.8. The molecular weight excluding hydrogens is 383 g/mol. The van der Waals surface area contributed by atoms with Crippen LogP contribution in [-0.4, -0.2) is 31.3 Å². The van der Waals surface area contributed by atoms with Crippen molar-refractivity contribution in [3.63, 3.8) is 0 Å². The molecule has 0 atom stereocenters. The van der Waals surface area contributed by atoms with Gasteiger partial charge in [0, 0.05) is 9.13 Å². The van der Waals surface area contributed by atoms with E-state index in [1.807, 2.05) is 39.0 Å². The second-order valence-corrected chi connectivity index (χ2v) is 5.97. The summed E-state index contributed by atoms with van der Waals surface area (Å²) in [6, 6.07) is 5.84. The Hall–Kier alpha value is -1.51. The Labute approximate surface area is 136 Å². The van der Waals surface area contributed by atoms with Gasteiger partial charge in [-0.15, -0.1) is 5.10 Å². The standard InChI is InChI=1S/C14H17IN4O2/c1-4-14(5-2,13(20)21)19-12(16-17-18-19)10-8-6-7-9(3)11(10)15/h6-8H,4-5H2,1-3H3,(H,20,21). The summed E-state index contributed by atoms with van der Waals surface area (Å²) in [6.07, 6.45) is 0.832. The Kier molecular flexibility index (Phi) is 4.60. The lowest BCUT2D eigenvalue weighted by Crippen LogP contribution is -2.42. The summed E-state index contributed by atoms with van der Waals surface area (Å²) >= 11 is 2.24. The summed E-state index contributed by atoms with van der Waals surface area (Å²) in [6.45, 7) is 5.68. The van der Waals surface area contributed by atoms with E-state index in [0.29, 0.717) is 18.7 Å². The second-order valence-electron chi connectivity index (χ2n) is 4.89. The molecule has 1 aromatic heterocycles. The van der Waals surface area contributed by atoms with Crippen LogP contribution in [0.2, 0.25) is 0 Å². The van der Waals surface area contributed by atoms with Crippen LogP contribution in [0.1, 0.15) is 32.3 Å². The monoisotopic (exact) mass is 400 g/mol. The van der Waals surface area contributed by atoms with E-state index in [1.54, 1.807) is 0 Å². The molecule has 0 radical (unpaired) electrons. The summed E-state index contributed by atoms with van der Waals surface area (Å²) in [7, 11) is 0. The van der Waals surface area contributed by atoms with Gasteiger partial charge in [-0.1, -0.05) is 32.0 Å². The van der Waals surface area contributed by atoms with Crippen molar-refractivity contribution < 1.29 is 9.90 Å². The van der Waals surface area contributed by atoms with Crippen LogP contribution in [0.5, 0.6) is 0 Å². The van der Waals surface area contributed by atoms with Gasteiger partial charge >= 0.3 is 5.97 Å². The molecule has 0 saturated carbocycles. The van der Waals surface area contributed by atoms with Crippen LogP contribution in [0.25, 0.3) is 11.4 Å². The molecule has 2 rings (SSSR count).